The Labute approximate surface area is 154 Å². The molecular formula is C16H15Cl2N3O2S. The second-order valence-electron chi connectivity index (χ2n) is 5.95. The molecule has 5 nitrogen and oxygen atoms in total. The molecule has 0 aliphatic carbocycles. The quantitative estimate of drug-likeness (QED) is 0.800. The number of benzene rings is 1. The molecule has 0 unspecified atom stereocenters. The molecule has 1 atom stereocenters. The van der Waals surface area contributed by atoms with E-state index in [0.29, 0.717) is 41.8 Å². The van der Waals surface area contributed by atoms with Crippen LogP contribution in [0.2, 0.25) is 10.0 Å². The van der Waals surface area contributed by atoms with E-state index in [0.717, 1.165) is 22.9 Å². The monoisotopic (exact) mass is 383 g/mol. The average molecular weight is 384 g/mol. The van der Waals surface area contributed by atoms with Crippen LogP contribution in [-0.4, -0.2) is 33.0 Å². The van der Waals surface area contributed by atoms with Crippen molar-refractivity contribution in [3.8, 4) is 5.75 Å². The van der Waals surface area contributed by atoms with Gasteiger partial charge in [0.25, 0.3) is 0 Å². The zero-order valence-electron chi connectivity index (χ0n) is 12.7. The van der Waals surface area contributed by atoms with Crippen molar-refractivity contribution in [2.45, 2.75) is 25.5 Å². The van der Waals surface area contributed by atoms with Gasteiger partial charge in [0.1, 0.15) is 5.75 Å². The van der Waals surface area contributed by atoms with Gasteiger partial charge in [-0.15, -0.1) is 0 Å². The van der Waals surface area contributed by atoms with E-state index < -0.39 is 0 Å². The van der Waals surface area contributed by atoms with Gasteiger partial charge < -0.3 is 14.7 Å². The van der Waals surface area contributed by atoms with Crippen molar-refractivity contribution < 1.29 is 9.84 Å². The predicted molar refractivity (Wildman–Crippen MR) is 97.3 cm³/mol. The third kappa shape index (κ3) is 2.58. The zero-order valence-corrected chi connectivity index (χ0v) is 15.0. The number of aromatic nitrogens is 2. The lowest BCUT2D eigenvalue weighted by Gasteiger charge is -2.22. The molecule has 1 saturated heterocycles. The summed E-state index contributed by atoms with van der Waals surface area (Å²) in [6.07, 6.45) is 2.46. The van der Waals surface area contributed by atoms with Crippen molar-refractivity contribution >= 4 is 46.1 Å². The van der Waals surface area contributed by atoms with Crippen molar-refractivity contribution in [2.75, 3.05) is 18.1 Å². The van der Waals surface area contributed by atoms with E-state index in [1.807, 2.05) is 10.9 Å². The summed E-state index contributed by atoms with van der Waals surface area (Å²) in [5.74, 6) is 0.142. The number of hydrogen-bond acceptors (Lipinski definition) is 4. The molecule has 0 bridgehead atoms. The second-order valence-corrected chi connectivity index (χ2v) is 7.21. The molecule has 2 aromatic rings. The summed E-state index contributed by atoms with van der Waals surface area (Å²) in [5, 5.41) is 15.5. The number of thiocarbonyl (C=S) groups is 1. The van der Waals surface area contributed by atoms with E-state index in [1.165, 1.54) is 0 Å². The Kier molecular flexibility index (Phi) is 4.16. The Bertz CT molecular complexity index is 824. The smallest absolute Gasteiger partial charge is 0.120 e. The maximum Gasteiger partial charge on any atom is 0.120 e. The molecule has 1 N–H and O–H groups in total. The maximum atomic E-state index is 10.2. The summed E-state index contributed by atoms with van der Waals surface area (Å²) < 4.78 is 7.50. The Morgan fingerprint density at radius 2 is 2.17 bits per heavy atom. The molecule has 126 valence electrons. The Hall–Kier alpha value is -1.34. The molecule has 4 rings (SSSR count). The molecule has 1 aromatic heterocycles. The van der Waals surface area contributed by atoms with E-state index in [-0.39, 0.29) is 11.7 Å². The maximum absolute atomic E-state index is 10.2. The Morgan fingerprint density at radius 1 is 1.33 bits per heavy atom. The Balaban J connectivity index is 1.67. The van der Waals surface area contributed by atoms with E-state index in [1.54, 1.807) is 12.1 Å². The number of aromatic hydroxyl groups is 1. The first-order valence-corrected chi connectivity index (χ1v) is 8.82. The van der Waals surface area contributed by atoms with Gasteiger partial charge in [0.15, 0.2) is 0 Å². The van der Waals surface area contributed by atoms with Crippen LogP contribution in [0.15, 0.2) is 18.3 Å². The fourth-order valence-corrected chi connectivity index (χ4v) is 4.22. The van der Waals surface area contributed by atoms with Crippen LogP contribution in [0.3, 0.4) is 0 Å². The standard InChI is InChI=1S/C16H15Cl2N3O2S/c17-10-1-2-13(22)15(16(10)18)9-5-14(24)20(7-9)11-6-19-21-3-4-23-8-12(11)21/h1-2,6,9,22H,3-5,7-8H2/t9-/m0/s1. The SMILES string of the molecule is Oc1ccc(Cl)c(Cl)c1[C@H]1CC(=S)N(c2cnn3c2COCC3)C1. The minimum Gasteiger partial charge on any atom is -0.508 e. The topological polar surface area (TPSA) is 50.5 Å². The average Bonchev–Trinajstić information content (AvgIpc) is 3.15. The number of halogens is 2. The van der Waals surface area contributed by atoms with E-state index >= 15 is 0 Å². The van der Waals surface area contributed by atoms with Gasteiger partial charge in [-0.05, 0) is 12.1 Å². The number of phenols is 1. The van der Waals surface area contributed by atoms with Crippen LogP contribution in [-0.2, 0) is 17.9 Å². The van der Waals surface area contributed by atoms with Crippen LogP contribution >= 0.6 is 35.4 Å². The number of hydrogen-bond donors (Lipinski definition) is 1. The zero-order chi connectivity index (χ0) is 16.8. The third-order valence-electron chi connectivity index (χ3n) is 4.55. The molecule has 0 saturated carbocycles. The molecule has 8 heteroatoms. The molecule has 1 aromatic carbocycles. The van der Waals surface area contributed by atoms with Crippen LogP contribution in [0.1, 0.15) is 23.6 Å². The lowest BCUT2D eigenvalue weighted by atomic mass is 9.97. The minimum atomic E-state index is -0.0104. The molecule has 24 heavy (non-hydrogen) atoms. The fraction of sp³-hybridized carbons (Fsp3) is 0.375. The molecule has 2 aliphatic heterocycles. The van der Waals surface area contributed by atoms with Crippen molar-refractivity contribution in [3.63, 3.8) is 0 Å². The van der Waals surface area contributed by atoms with Gasteiger partial charge in [-0.2, -0.15) is 5.10 Å². The van der Waals surface area contributed by atoms with Gasteiger partial charge >= 0.3 is 0 Å². The third-order valence-corrected chi connectivity index (χ3v) is 5.75. The normalized spacial score (nSPS) is 20.5. The van der Waals surface area contributed by atoms with Crippen molar-refractivity contribution in [1.29, 1.82) is 0 Å². The molecule has 2 aliphatic rings. The molecule has 0 amide bonds. The second kappa shape index (κ2) is 6.19. The summed E-state index contributed by atoms with van der Waals surface area (Å²) in [6.45, 7) is 2.58. The largest absolute Gasteiger partial charge is 0.508 e. The van der Waals surface area contributed by atoms with E-state index in [9.17, 15) is 5.11 Å². The summed E-state index contributed by atoms with van der Waals surface area (Å²) >= 11 is 18.0. The summed E-state index contributed by atoms with van der Waals surface area (Å²) in [7, 11) is 0. The van der Waals surface area contributed by atoms with E-state index in [2.05, 4.69) is 10.00 Å². The first kappa shape index (κ1) is 16.1. The van der Waals surface area contributed by atoms with Crippen LogP contribution in [0.4, 0.5) is 5.69 Å². The number of fused-ring (bicyclic) bond motifs is 1. The molecule has 0 spiro atoms. The van der Waals surface area contributed by atoms with Gasteiger partial charge in [0.2, 0.25) is 0 Å². The van der Waals surface area contributed by atoms with Crippen molar-refractivity contribution in [3.05, 3.63) is 39.6 Å². The van der Waals surface area contributed by atoms with Crippen LogP contribution in [0.5, 0.6) is 5.75 Å². The summed E-state index contributed by atoms with van der Waals surface area (Å²) in [4.78, 5) is 2.86. The number of ether oxygens (including phenoxy) is 1. The molecule has 1 fully saturated rings. The van der Waals surface area contributed by atoms with Gasteiger partial charge in [0, 0.05) is 24.4 Å². The highest BCUT2D eigenvalue weighted by atomic mass is 35.5. The summed E-state index contributed by atoms with van der Waals surface area (Å²) in [5.41, 5.74) is 2.66. The predicted octanol–water partition coefficient (Wildman–Crippen LogP) is 3.75. The van der Waals surface area contributed by atoms with Gasteiger partial charge in [-0.1, -0.05) is 35.4 Å². The number of anilines is 1. The van der Waals surface area contributed by atoms with E-state index in [4.69, 9.17) is 40.2 Å². The fourth-order valence-electron chi connectivity index (χ4n) is 3.37. The molecular weight excluding hydrogens is 369 g/mol. The minimum absolute atomic E-state index is 0.0104. The molecule has 3 heterocycles. The number of nitrogens with zero attached hydrogens (tertiary/aromatic N) is 3. The number of phenolic OH excluding ortho intramolecular Hbond substituents is 1. The summed E-state index contributed by atoms with van der Waals surface area (Å²) in [6, 6.07) is 3.17. The van der Waals surface area contributed by atoms with Gasteiger partial charge in [0.05, 0.1) is 52.4 Å². The Morgan fingerprint density at radius 3 is 3.00 bits per heavy atom. The van der Waals surface area contributed by atoms with Crippen LogP contribution in [0.25, 0.3) is 0 Å². The lowest BCUT2D eigenvalue weighted by molar-refractivity contribution is 0.0804. The first-order valence-electron chi connectivity index (χ1n) is 7.66. The van der Waals surface area contributed by atoms with Crippen molar-refractivity contribution in [1.82, 2.24) is 9.78 Å². The highest BCUT2D eigenvalue weighted by Crippen LogP contribution is 2.43. The van der Waals surface area contributed by atoms with Gasteiger partial charge in [-0.3, -0.25) is 4.68 Å². The van der Waals surface area contributed by atoms with Crippen LogP contribution < -0.4 is 4.90 Å². The van der Waals surface area contributed by atoms with Gasteiger partial charge in [-0.25, -0.2) is 0 Å². The highest BCUT2D eigenvalue weighted by Gasteiger charge is 2.34. The van der Waals surface area contributed by atoms with Crippen molar-refractivity contribution in [2.24, 2.45) is 0 Å². The highest BCUT2D eigenvalue weighted by molar-refractivity contribution is 7.80. The van der Waals surface area contributed by atoms with Crippen LogP contribution in [0, 0.1) is 0 Å². The first-order chi connectivity index (χ1) is 11.6. The molecule has 0 radical (unpaired) electrons. The number of rotatable bonds is 2. The lowest BCUT2D eigenvalue weighted by Crippen LogP contribution is -2.26.